The van der Waals surface area contributed by atoms with E-state index in [-0.39, 0.29) is 17.7 Å². The molecule has 8 N–H and O–H groups in total. The third kappa shape index (κ3) is 2.86. The number of anilines is 1. The van der Waals surface area contributed by atoms with Crippen molar-refractivity contribution in [3.05, 3.63) is 40.2 Å². The van der Waals surface area contributed by atoms with Crippen molar-refractivity contribution in [2.24, 2.45) is 17.6 Å². The molecule has 1 aromatic carbocycles. The molecule has 0 saturated heterocycles. The van der Waals surface area contributed by atoms with E-state index in [0.717, 1.165) is 0 Å². The molecule has 3 aliphatic rings. The second-order valence-electron chi connectivity index (χ2n) is 8.77. The minimum Gasteiger partial charge on any atom is -0.508 e. The maximum absolute atomic E-state index is 13.7. The van der Waals surface area contributed by atoms with Crippen molar-refractivity contribution in [3.63, 3.8) is 0 Å². The fourth-order valence-corrected chi connectivity index (χ4v) is 5.37. The average Bonchev–Trinajstić information content (AvgIpc) is 2.77. The highest BCUT2D eigenvalue weighted by atomic mass is 16.5. The lowest BCUT2D eigenvalue weighted by atomic mass is 9.55. The van der Waals surface area contributed by atoms with Crippen LogP contribution in [0.15, 0.2) is 29.0 Å². The van der Waals surface area contributed by atoms with Gasteiger partial charge in [0.05, 0.1) is 11.3 Å². The summed E-state index contributed by atoms with van der Waals surface area (Å²) in [6.45, 7) is 3.18. The van der Waals surface area contributed by atoms with Crippen LogP contribution < -0.4 is 11.5 Å². The van der Waals surface area contributed by atoms with Crippen molar-refractivity contribution in [2.75, 3.05) is 5.73 Å². The Kier molecular flexibility index (Phi) is 5.20. The molecule has 1 saturated carbocycles. The molecule has 0 aliphatic heterocycles. The molecular weight excluding hydrogens is 448 g/mol. The number of ether oxygens (including phenoxy) is 1. The number of nitrogen functional groups attached to an aromatic ring is 1. The topological polar surface area (TPSA) is 210 Å². The van der Waals surface area contributed by atoms with E-state index in [1.165, 1.54) is 13.0 Å². The standard InChI is InChI=1S/C23H24N2O9/c1-3-12(27)34-19-9-6-11(26)15(22(25)32)20(30)23(9,33)21(31)16-13(19)7(2)8-4-5-10(24)17(28)14(8)18(16)29/h4-5,7,9,13,19,28-30,33H,3,6,24H2,1-2H3,(H2,25,32)/t7-,9+,13+,19+,23+/m0/s1. The Morgan fingerprint density at radius 2 is 1.85 bits per heavy atom. The van der Waals surface area contributed by atoms with Crippen molar-refractivity contribution < 1.29 is 44.3 Å². The third-order valence-electron chi connectivity index (χ3n) is 7.06. The normalized spacial score (nSPS) is 30.4. The number of aliphatic hydroxyl groups is 3. The predicted molar refractivity (Wildman–Crippen MR) is 116 cm³/mol. The van der Waals surface area contributed by atoms with Gasteiger partial charge in [-0.3, -0.25) is 19.2 Å². The number of benzene rings is 1. The van der Waals surface area contributed by atoms with Crippen molar-refractivity contribution >= 4 is 34.9 Å². The number of carbonyl (C=O) groups excluding carboxylic acids is 4. The van der Waals surface area contributed by atoms with Crippen LogP contribution in [0.4, 0.5) is 5.69 Å². The first kappa shape index (κ1) is 23.3. The first-order valence-electron chi connectivity index (χ1n) is 10.7. The molecule has 34 heavy (non-hydrogen) atoms. The van der Waals surface area contributed by atoms with Crippen LogP contribution in [0, 0.1) is 11.8 Å². The predicted octanol–water partition coefficient (Wildman–Crippen LogP) is 0.499. The van der Waals surface area contributed by atoms with E-state index in [1.54, 1.807) is 13.0 Å². The number of aliphatic hydroxyl groups excluding tert-OH is 2. The minimum absolute atomic E-state index is 0.0715. The Labute approximate surface area is 193 Å². The molecule has 180 valence electrons. The summed E-state index contributed by atoms with van der Waals surface area (Å²) in [5, 5.41) is 43.9. The maximum atomic E-state index is 13.7. The summed E-state index contributed by atoms with van der Waals surface area (Å²) in [6.07, 6.45) is -2.04. The molecule has 0 aromatic heterocycles. The Morgan fingerprint density at radius 1 is 1.21 bits per heavy atom. The van der Waals surface area contributed by atoms with Gasteiger partial charge >= 0.3 is 5.97 Å². The highest BCUT2D eigenvalue weighted by molar-refractivity contribution is 6.23. The summed E-state index contributed by atoms with van der Waals surface area (Å²) in [6, 6.07) is 2.95. The van der Waals surface area contributed by atoms with Gasteiger partial charge in [0.25, 0.3) is 5.91 Å². The van der Waals surface area contributed by atoms with E-state index in [0.29, 0.717) is 5.56 Å². The monoisotopic (exact) mass is 472 g/mol. The van der Waals surface area contributed by atoms with Gasteiger partial charge in [0, 0.05) is 30.3 Å². The number of amides is 1. The maximum Gasteiger partial charge on any atom is 0.305 e. The summed E-state index contributed by atoms with van der Waals surface area (Å²) in [4.78, 5) is 50.5. The van der Waals surface area contributed by atoms with Crippen molar-refractivity contribution in [3.8, 4) is 5.75 Å². The van der Waals surface area contributed by atoms with Gasteiger partial charge in [-0.2, -0.15) is 0 Å². The second kappa shape index (κ2) is 7.59. The number of phenols is 1. The van der Waals surface area contributed by atoms with Gasteiger partial charge in [0.2, 0.25) is 5.78 Å². The number of fused-ring (bicyclic) bond motifs is 3. The molecule has 3 aliphatic carbocycles. The minimum atomic E-state index is -2.88. The van der Waals surface area contributed by atoms with Crippen molar-refractivity contribution in [1.29, 1.82) is 0 Å². The highest BCUT2D eigenvalue weighted by Crippen LogP contribution is 2.56. The van der Waals surface area contributed by atoms with Crippen LogP contribution in [0.1, 0.15) is 43.7 Å². The van der Waals surface area contributed by atoms with Gasteiger partial charge in [-0.15, -0.1) is 0 Å². The summed E-state index contributed by atoms with van der Waals surface area (Å²) in [5.41, 5.74) is 6.88. The quantitative estimate of drug-likeness (QED) is 0.155. The number of aromatic hydroxyl groups is 1. The number of Topliss-reactive ketones (excluding diaryl/α,β-unsaturated/α-hetero) is 2. The van der Waals surface area contributed by atoms with Gasteiger partial charge in [0.1, 0.15) is 28.9 Å². The van der Waals surface area contributed by atoms with Crippen molar-refractivity contribution in [1.82, 2.24) is 0 Å². The summed E-state index contributed by atoms with van der Waals surface area (Å²) in [7, 11) is 0. The number of nitrogens with two attached hydrogens (primary N) is 2. The Morgan fingerprint density at radius 3 is 2.44 bits per heavy atom. The second-order valence-corrected chi connectivity index (χ2v) is 8.77. The van der Waals surface area contributed by atoms with Crippen LogP contribution in [0.2, 0.25) is 0 Å². The van der Waals surface area contributed by atoms with Gasteiger partial charge in [-0.25, -0.2) is 0 Å². The average molecular weight is 472 g/mol. The molecule has 0 unspecified atom stereocenters. The van der Waals surface area contributed by atoms with Crippen LogP contribution in [0.3, 0.4) is 0 Å². The lowest BCUT2D eigenvalue weighted by Gasteiger charge is -2.51. The summed E-state index contributed by atoms with van der Waals surface area (Å²) >= 11 is 0. The zero-order valence-corrected chi connectivity index (χ0v) is 18.4. The number of hydrogen-bond donors (Lipinski definition) is 6. The van der Waals surface area contributed by atoms with E-state index in [2.05, 4.69) is 0 Å². The van der Waals surface area contributed by atoms with E-state index in [1.807, 2.05) is 0 Å². The SMILES string of the molecule is CCC(=O)O[C@H]1[C@H]2C(=C(O)c3c(ccc(N)c3O)[C@@H]2C)C(=O)[C@]2(O)C(O)=C(C(N)=O)C(=O)C[C@H]12. The summed E-state index contributed by atoms with van der Waals surface area (Å²) in [5.74, 6) is -9.82. The number of phenolic OH excluding ortho intramolecular Hbond substituents is 1. The zero-order chi connectivity index (χ0) is 25.3. The molecule has 5 atom stereocenters. The zero-order valence-electron chi connectivity index (χ0n) is 18.4. The molecule has 1 amide bonds. The molecule has 1 fully saturated rings. The Balaban J connectivity index is 2.06. The van der Waals surface area contributed by atoms with Gasteiger partial charge in [0.15, 0.2) is 11.4 Å². The number of rotatable bonds is 3. The highest BCUT2D eigenvalue weighted by Gasteiger charge is 2.66. The fraction of sp³-hybridized carbons (Fsp3) is 0.391. The Bertz CT molecular complexity index is 1230. The molecule has 1 aromatic rings. The van der Waals surface area contributed by atoms with E-state index in [4.69, 9.17) is 16.2 Å². The first-order chi connectivity index (χ1) is 15.9. The lowest BCUT2D eigenvalue weighted by Crippen LogP contribution is -2.64. The van der Waals surface area contributed by atoms with Gasteiger partial charge in [-0.05, 0) is 17.5 Å². The van der Waals surface area contributed by atoms with E-state index in [9.17, 15) is 39.6 Å². The molecular formula is C23H24N2O9. The van der Waals surface area contributed by atoms with Crippen LogP contribution >= 0.6 is 0 Å². The van der Waals surface area contributed by atoms with Gasteiger partial charge in [-0.1, -0.05) is 19.9 Å². The number of carbonyl (C=O) groups is 4. The number of ketones is 2. The number of hydrogen-bond acceptors (Lipinski definition) is 10. The van der Waals surface area contributed by atoms with Crippen LogP contribution in [0.5, 0.6) is 5.75 Å². The molecule has 0 spiro atoms. The summed E-state index contributed by atoms with van der Waals surface area (Å²) < 4.78 is 5.59. The number of esters is 1. The van der Waals surface area contributed by atoms with Crippen LogP contribution in [-0.4, -0.2) is 55.6 Å². The molecule has 11 heteroatoms. The van der Waals surface area contributed by atoms with Crippen LogP contribution in [0.25, 0.3) is 5.76 Å². The van der Waals surface area contributed by atoms with E-state index < -0.39 is 87.7 Å². The Hall–Kier alpha value is -3.86. The molecule has 0 heterocycles. The van der Waals surface area contributed by atoms with Gasteiger partial charge < -0.3 is 36.6 Å². The molecule has 11 nitrogen and oxygen atoms in total. The van der Waals surface area contributed by atoms with Crippen molar-refractivity contribution in [2.45, 2.75) is 44.3 Å². The number of primary amides is 1. The fourth-order valence-electron chi connectivity index (χ4n) is 5.37. The van der Waals surface area contributed by atoms with E-state index >= 15 is 0 Å². The molecule has 0 bridgehead atoms. The largest absolute Gasteiger partial charge is 0.508 e. The van der Waals surface area contributed by atoms with Crippen LogP contribution in [-0.2, 0) is 23.9 Å². The lowest BCUT2D eigenvalue weighted by molar-refractivity contribution is -0.178. The first-order valence-corrected chi connectivity index (χ1v) is 10.7. The smallest absolute Gasteiger partial charge is 0.305 e. The molecule has 0 radical (unpaired) electrons. The molecule has 4 rings (SSSR count). The third-order valence-corrected chi connectivity index (χ3v) is 7.06.